The van der Waals surface area contributed by atoms with Gasteiger partial charge in [0.15, 0.2) is 0 Å². The molecule has 140 valence electrons. The van der Waals surface area contributed by atoms with Crippen LogP contribution in [0.15, 0.2) is 42.6 Å². The molecular formula is C21H28N2O3. The van der Waals surface area contributed by atoms with Crippen molar-refractivity contribution < 1.29 is 14.3 Å². The summed E-state index contributed by atoms with van der Waals surface area (Å²) in [5.74, 6) is 0.374. The number of nitrogens with one attached hydrogen (secondary N) is 1. The maximum Gasteiger partial charge on any atom is 0.253 e. The summed E-state index contributed by atoms with van der Waals surface area (Å²) in [6.07, 6.45) is 3.11. The number of carbonyl (C=O) groups is 1. The lowest BCUT2D eigenvalue weighted by Gasteiger charge is -2.27. The Bertz CT molecular complexity index is 711. The lowest BCUT2D eigenvalue weighted by Crippen LogP contribution is -2.45. The molecule has 0 unspecified atom stereocenters. The summed E-state index contributed by atoms with van der Waals surface area (Å²) < 4.78 is 10.5. The first-order chi connectivity index (χ1) is 12.4. The van der Waals surface area contributed by atoms with Crippen LogP contribution in [0.2, 0.25) is 0 Å². The molecule has 2 aromatic rings. The van der Waals surface area contributed by atoms with E-state index in [1.807, 2.05) is 26.0 Å². The normalized spacial score (nSPS) is 11.2. The fourth-order valence-corrected chi connectivity index (χ4v) is 2.69. The van der Waals surface area contributed by atoms with Crippen LogP contribution >= 0.6 is 0 Å². The van der Waals surface area contributed by atoms with E-state index in [0.29, 0.717) is 24.7 Å². The van der Waals surface area contributed by atoms with Crippen molar-refractivity contribution in [1.29, 1.82) is 0 Å². The van der Waals surface area contributed by atoms with Crippen molar-refractivity contribution in [3.8, 4) is 5.88 Å². The van der Waals surface area contributed by atoms with Crippen LogP contribution in [-0.2, 0) is 11.2 Å². The highest BCUT2D eigenvalue weighted by molar-refractivity contribution is 5.94. The number of carbonyl (C=O) groups excluding carboxylic acids is 1. The summed E-state index contributed by atoms with van der Waals surface area (Å²) in [7, 11) is 1.66. The van der Waals surface area contributed by atoms with Gasteiger partial charge in [0.05, 0.1) is 12.2 Å². The first-order valence-corrected chi connectivity index (χ1v) is 8.86. The minimum Gasteiger partial charge on any atom is -0.478 e. The standard InChI is InChI=1S/C21H28N2O3/c1-16-8-5-6-9-17(16)14-21(2,3)23-20(24)18-10-11-19(22-15-18)26-13-7-12-25-4/h5-6,8-11,15H,7,12-14H2,1-4H3,(H,23,24). The third-order valence-corrected chi connectivity index (χ3v) is 4.09. The Morgan fingerprint density at radius 2 is 1.92 bits per heavy atom. The van der Waals surface area contributed by atoms with E-state index in [9.17, 15) is 4.79 Å². The predicted molar refractivity (Wildman–Crippen MR) is 103 cm³/mol. The average molecular weight is 356 g/mol. The molecule has 5 nitrogen and oxygen atoms in total. The molecule has 0 spiro atoms. The average Bonchev–Trinajstić information content (AvgIpc) is 2.60. The van der Waals surface area contributed by atoms with Crippen LogP contribution in [0.4, 0.5) is 0 Å². The maximum absolute atomic E-state index is 12.5. The lowest BCUT2D eigenvalue weighted by atomic mass is 9.92. The molecule has 1 aromatic carbocycles. The number of benzene rings is 1. The summed E-state index contributed by atoms with van der Waals surface area (Å²) in [5.41, 5.74) is 2.62. The van der Waals surface area contributed by atoms with Crippen LogP contribution in [0.5, 0.6) is 5.88 Å². The van der Waals surface area contributed by atoms with Gasteiger partial charge in [0, 0.05) is 37.9 Å². The van der Waals surface area contributed by atoms with Crippen molar-refractivity contribution in [2.24, 2.45) is 0 Å². The number of amides is 1. The number of methoxy groups -OCH3 is 1. The van der Waals surface area contributed by atoms with Gasteiger partial charge in [-0.05, 0) is 44.4 Å². The summed E-state index contributed by atoms with van der Waals surface area (Å²) in [5, 5.41) is 3.09. The SMILES string of the molecule is COCCCOc1ccc(C(=O)NC(C)(C)Cc2ccccc2C)cn1. The lowest BCUT2D eigenvalue weighted by molar-refractivity contribution is 0.0912. The van der Waals surface area contributed by atoms with E-state index in [2.05, 4.69) is 29.4 Å². The molecule has 5 heteroatoms. The van der Waals surface area contributed by atoms with E-state index in [0.717, 1.165) is 12.8 Å². The van der Waals surface area contributed by atoms with E-state index >= 15 is 0 Å². The van der Waals surface area contributed by atoms with Crippen molar-refractivity contribution in [3.63, 3.8) is 0 Å². The number of ether oxygens (including phenoxy) is 2. The van der Waals surface area contributed by atoms with Gasteiger partial charge in [0.2, 0.25) is 5.88 Å². The summed E-state index contributed by atoms with van der Waals surface area (Å²) in [6, 6.07) is 11.7. The van der Waals surface area contributed by atoms with Crippen molar-refractivity contribution >= 4 is 5.91 Å². The first kappa shape index (κ1) is 19.9. The summed E-state index contributed by atoms with van der Waals surface area (Å²) in [6.45, 7) is 7.32. The number of aromatic nitrogens is 1. The number of hydrogen-bond donors (Lipinski definition) is 1. The molecule has 0 aliphatic rings. The van der Waals surface area contributed by atoms with Gasteiger partial charge in [-0.3, -0.25) is 4.79 Å². The molecular weight excluding hydrogens is 328 g/mol. The van der Waals surface area contributed by atoms with Crippen LogP contribution in [0.25, 0.3) is 0 Å². The quantitative estimate of drug-likeness (QED) is 0.698. The summed E-state index contributed by atoms with van der Waals surface area (Å²) in [4.78, 5) is 16.7. The molecule has 1 N–H and O–H groups in total. The van der Waals surface area contributed by atoms with E-state index in [1.54, 1.807) is 25.4 Å². The minimum absolute atomic E-state index is 0.137. The highest BCUT2D eigenvalue weighted by Gasteiger charge is 2.22. The van der Waals surface area contributed by atoms with E-state index < -0.39 is 0 Å². The van der Waals surface area contributed by atoms with E-state index in [1.165, 1.54) is 11.1 Å². The molecule has 2 rings (SSSR count). The molecule has 0 bridgehead atoms. The smallest absolute Gasteiger partial charge is 0.253 e. The van der Waals surface area contributed by atoms with Gasteiger partial charge in [-0.25, -0.2) is 4.98 Å². The molecule has 0 aliphatic heterocycles. The Kier molecular flexibility index (Phi) is 7.16. The Hall–Kier alpha value is -2.40. The fraction of sp³-hybridized carbons (Fsp3) is 0.429. The first-order valence-electron chi connectivity index (χ1n) is 8.86. The van der Waals surface area contributed by atoms with Gasteiger partial charge < -0.3 is 14.8 Å². The predicted octanol–water partition coefficient (Wildman–Crippen LogP) is 3.56. The van der Waals surface area contributed by atoms with Crippen molar-refractivity contribution in [1.82, 2.24) is 10.3 Å². The van der Waals surface area contributed by atoms with E-state index in [-0.39, 0.29) is 11.4 Å². The Morgan fingerprint density at radius 3 is 2.58 bits per heavy atom. The topological polar surface area (TPSA) is 60.5 Å². The second kappa shape index (κ2) is 9.34. The van der Waals surface area contributed by atoms with Gasteiger partial charge in [-0.15, -0.1) is 0 Å². The van der Waals surface area contributed by atoms with Crippen LogP contribution < -0.4 is 10.1 Å². The Balaban J connectivity index is 1.92. The number of aryl methyl sites for hydroxylation is 1. The molecule has 0 fully saturated rings. The molecule has 0 saturated carbocycles. The second-order valence-electron chi connectivity index (χ2n) is 7.02. The highest BCUT2D eigenvalue weighted by atomic mass is 16.5. The third kappa shape index (κ3) is 6.15. The van der Waals surface area contributed by atoms with Gasteiger partial charge >= 0.3 is 0 Å². The molecule has 26 heavy (non-hydrogen) atoms. The second-order valence-corrected chi connectivity index (χ2v) is 7.02. The molecule has 1 amide bonds. The van der Waals surface area contributed by atoms with Gasteiger partial charge in [0.1, 0.15) is 0 Å². The maximum atomic E-state index is 12.5. The molecule has 1 heterocycles. The Labute approximate surface area is 155 Å². The molecule has 0 saturated heterocycles. The van der Waals surface area contributed by atoms with Gasteiger partial charge in [-0.2, -0.15) is 0 Å². The van der Waals surface area contributed by atoms with Crippen LogP contribution in [0.3, 0.4) is 0 Å². The van der Waals surface area contributed by atoms with Crippen LogP contribution in [-0.4, -0.2) is 36.8 Å². The van der Waals surface area contributed by atoms with Gasteiger partial charge in [0.25, 0.3) is 5.91 Å². The number of pyridine rings is 1. The zero-order valence-electron chi connectivity index (χ0n) is 16.0. The Morgan fingerprint density at radius 1 is 1.15 bits per heavy atom. The number of nitrogens with zero attached hydrogens (tertiary/aromatic N) is 1. The molecule has 1 aromatic heterocycles. The highest BCUT2D eigenvalue weighted by Crippen LogP contribution is 2.17. The van der Waals surface area contributed by atoms with Crippen LogP contribution in [0, 0.1) is 6.92 Å². The van der Waals surface area contributed by atoms with Crippen molar-refractivity contribution in [2.75, 3.05) is 20.3 Å². The summed E-state index contributed by atoms with van der Waals surface area (Å²) >= 11 is 0. The van der Waals surface area contributed by atoms with E-state index in [4.69, 9.17) is 9.47 Å². The molecule has 0 atom stereocenters. The molecule has 0 aliphatic carbocycles. The monoisotopic (exact) mass is 356 g/mol. The third-order valence-electron chi connectivity index (χ3n) is 4.09. The van der Waals surface area contributed by atoms with Crippen molar-refractivity contribution in [3.05, 3.63) is 59.3 Å². The van der Waals surface area contributed by atoms with Gasteiger partial charge in [-0.1, -0.05) is 24.3 Å². The largest absolute Gasteiger partial charge is 0.478 e. The number of hydrogen-bond acceptors (Lipinski definition) is 4. The zero-order chi connectivity index (χ0) is 19.0. The van der Waals surface area contributed by atoms with Crippen LogP contribution in [0.1, 0.15) is 41.8 Å². The number of rotatable bonds is 9. The van der Waals surface area contributed by atoms with Crippen molar-refractivity contribution in [2.45, 2.75) is 39.2 Å². The minimum atomic E-state index is -0.363. The zero-order valence-corrected chi connectivity index (χ0v) is 16.0. The molecule has 0 radical (unpaired) electrons. The fourth-order valence-electron chi connectivity index (χ4n) is 2.69.